The molecule has 23 heavy (non-hydrogen) atoms. The molecule has 1 atom stereocenters. The van der Waals surface area contributed by atoms with Crippen molar-refractivity contribution < 1.29 is 4.79 Å². The van der Waals surface area contributed by atoms with Gasteiger partial charge in [0.05, 0.1) is 5.69 Å². The minimum absolute atomic E-state index is 0.0571. The van der Waals surface area contributed by atoms with E-state index in [4.69, 9.17) is 4.98 Å². The van der Waals surface area contributed by atoms with E-state index in [1.807, 2.05) is 4.90 Å². The first kappa shape index (κ1) is 15.1. The Balaban J connectivity index is 1.64. The van der Waals surface area contributed by atoms with Crippen molar-refractivity contribution in [1.82, 2.24) is 9.88 Å². The molecule has 1 fully saturated rings. The van der Waals surface area contributed by atoms with Crippen LogP contribution in [0.15, 0.2) is 16.8 Å². The van der Waals surface area contributed by atoms with Crippen molar-refractivity contribution in [2.45, 2.75) is 45.2 Å². The highest BCUT2D eigenvalue weighted by molar-refractivity contribution is 7.19. The fourth-order valence-electron chi connectivity index (χ4n) is 3.56. The highest BCUT2D eigenvalue weighted by Gasteiger charge is 2.41. The highest BCUT2D eigenvalue weighted by atomic mass is 32.1. The Morgan fingerprint density at radius 2 is 2.13 bits per heavy atom. The van der Waals surface area contributed by atoms with Crippen LogP contribution in [0.2, 0.25) is 0 Å². The number of anilines is 1. The fraction of sp³-hybridized carbons (Fsp3) is 0.529. The van der Waals surface area contributed by atoms with Crippen LogP contribution in [0.5, 0.6) is 0 Å². The summed E-state index contributed by atoms with van der Waals surface area (Å²) in [6.45, 7) is 6.18. The zero-order valence-electron chi connectivity index (χ0n) is 13.5. The smallest absolute Gasteiger partial charge is 0.245 e. The number of thiazole rings is 1. The van der Waals surface area contributed by atoms with Gasteiger partial charge in [-0.05, 0) is 38.1 Å². The van der Waals surface area contributed by atoms with Crippen molar-refractivity contribution in [2.75, 3.05) is 18.0 Å². The van der Waals surface area contributed by atoms with Gasteiger partial charge in [0.25, 0.3) is 0 Å². The van der Waals surface area contributed by atoms with Crippen LogP contribution in [-0.4, -0.2) is 41.0 Å². The molecule has 0 N–H and O–H groups in total. The summed E-state index contributed by atoms with van der Waals surface area (Å²) in [6, 6.07) is 2.37. The van der Waals surface area contributed by atoms with Crippen LogP contribution in [-0.2, 0) is 11.2 Å². The lowest BCUT2D eigenvalue weighted by Crippen LogP contribution is -2.49. The van der Waals surface area contributed by atoms with Crippen LogP contribution in [0.25, 0.3) is 10.6 Å². The van der Waals surface area contributed by atoms with E-state index in [2.05, 4.69) is 35.6 Å². The van der Waals surface area contributed by atoms with Crippen molar-refractivity contribution in [2.24, 2.45) is 0 Å². The zero-order chi connectivity index (χ0) is 16.0. The van der Waals surface area contributed by atoms with Gasteiger partial charge in [-0.2, -0.15) is 11.3 Å². The van der Waals surface area contributed by atoms with Crippen LogP contribution < -0.4 is 4.90 Å². The Bertz CT molecular complexity index is 702. The summed E-state index contributed by atoms with van der Waals surface area (Å²) in [5.41, 5.74) is 2.29. The van der Waals surface area contributed by atoms with E-state index in [1.165, 1.54) is 10.6 Å². The minimum Gasteiger partial charge on any atom is -0.347 e. The maximum atomic E-state index is 12.9. The summed E-state index contributed by atoms with van der Waals surface area (Å²) < 4.78 is 0. The number of hydrogen-bond donors (Lipinski definition) is 0. The number of aromatic nitrogens is 1. The van der Waals surface area contributed by atoms with Gasteiger partial charge in [0.15, 0.2) is 0 Å². The molecule has 2 aromatic heterocycles. The number of carbonyl (C=O) groups is 1. The van der Waals surface area contributed by atoms with Gasteiger partial charge >= 0.3 is 0 Å². The first-order chi connectivity index (χ1) is 11.1. The maximum absolute atomic E-state index is 12.9. The lowest BCUT2D eigenvalue weighted by molar-refractivity contribution is -0.131. The van der Waals surface area contributed by atoms with Crippen LogP contribution in [0.3, 0.4) is 0 Å². The molecule has 6 heteroatoms. The van der Waals surface area contributed by atoms with Gasteiger partial charge in [-0.15, -0.1) is 0 Å². The molecule has 2 aromatic rings. The first-order valence-corrected chi connectivity index (χ1v) is 10.0. The quantitative estimate of drug-likeness (QED) is 0.851. The summed E-state index contributed by atoms with van der Waals surface area (Å²) >= 11 is 3.43. The predicted octanol–water partition coefficient (Wildman–Crippen LogP) is 3.63. The lowest BCUT2D eigenvalue weighted by Gasteiger charge is -2.32. The van der Waals surface area contributed by atoms with Gasteiger partial charge in [-0.3, -0.25) is 4.79 Å². The van der Waals surface area contributed by atoms with Gasteiger partial charge in [0.1, 0.15) is 16.1 Å². The molecule has 4 nitrogen and oxygen atoms in total. The van der Waals surface area contributed by atoms with Gasteiger partial charge < -0.3 is 9.80 Å². The molecule has 0 aliphatic carbocycles. The van der Waals surface area contributed by atoms with Gasteiger partial charge in [0.2, 0.25) is 5.91 Å². The van der Waals surface area contributed by atoms with Crippen molar-refractivity contribution in [1.29, 1.82) is 0 Å². The van der Waals surface area contributed by atoms with E-state index in [0.29, 0.717) is 11.9 Å². The Hall–Kier alpha value is -1.40. The molecule has 122 valence electrons. The SMILES string of the molecule is CC(C)N1c2sc(-c3ccsc3)nc2CC1C(=O)N1CCCC1. The second kappa shape index (κ2) is 5.91. The van der Waals surface area contributed by atoms with E-state index in [0.717, 1.165) is 43.1 Å². The average molecular weight is 348 g/mol. The van der Waals surface area contributed by atoms with Crippen LogP contribution in [0, 0.1) is 0 Å². The molecule has 4 rings (SSSR count). The Morgan fingerprint density at radius 3 is 2.78 bits per heavy atom. The van der Waals surface area contributed by atoms with Gasteiger partial charge in [-0.1, -0.05) is 11.3 Å². The van der Waals surface area contributed by atoms with E-state index < -0.39 is 0 Å². The molecular weight excluding hydrogens is 326 g/mol. The predicted molar refractivity (Wildman–Crippen MR) is 96.3 cm³/mol. The molecule has 0 radical (unpaired) electrons. The number of likely N-dealkylation sites (tertiary alicyclic amines) is 1. The van der Waals surface area contributed by atoms with Gasteiger partial charge in [0, 0.05) is 36.5 Å². The van der Waals surface area contributed by atoms with Crippen molar-refractivity contribution in [3.8, 4) is 10.6 Å². The van der Waals surface area contributed by atoms with Crippen molar-refractivity contribution in [3.63, 3.8) is 0 Å². The van der Waals surface area contributed by atoms with E-state index >= 15 is 0 Å². The molecule has 1 amide bonds. The summed E-state index contributed by atoms with van der Waals surface area (Å²) in [6.07, 6.45) is 3.04. The molecule has 0 aromatic carbocycles. The molecule has 0 bridgehead atoms. The number of rotatable bonds is 3. The number of nitrogens with zero attached hydrogens (tertiary/aromatic N) is 3. The van der Waals surface area contributed by atoms with Crippen LogP contribution >= 0.6 is 22.7 Å². The van der Waals surface area contributed by atoms with E-state index in [9.17, 15) is 4.79 Å². The Labute approximate surface area is 144 Å². The van der Waals surface area contributed by atoms with Crippen molar-refractivity contribution in [3.05, 3.63) is 22.5 Å². The van der Waals surface area contributed by atoms with E-state index in [-0.39, 0.29) is 6.04 Å². The summed E-state index contributed by atoms with van der Waals surface area (Å²) in [5, 5.41) is 6.50. The topological polar surface area (TPSA) is 36.4 Å². The number of hydrogen-bond acceptors (Lipinski definition) is 5. The number of thiophene rings is 1. The first-order valence-electron chi connectivity index (χ1n) is 8.24. The number of amides is 1. The molecule has 2 aliphatic heterocycles. The second-order valence-electron chi connectivity index (χ2n) is 6.54. The van der Waals surface area contributed by atoms with Crippen molar-refractivity contribution >= 4 is 33.6 Å². The number of carbonyl (C=O) groups excluding carboxylic acids is 1. The molecule has 0 spiro atoms. The third-order valence-electron chi connectivity index (χ3n) is 4.66. The fourth-order valence-corrected chi connectivity index (χ4v) is 5.55. The van der Waals surface area contributed by atoms with Crippen LogP contribution in [0.4, 0.5) is 5.00 Å². The molecule has 2 aliphatic rings. The molecule has 4 heterocycles. The normalized spacial score (nSPS) is 20.6. The third kappa shape index (κ3) is 2.58. The third-order valence-corrected chi connectivity index (χ3v) is 6.50. The minimum atomic E-state index is -0.0571. The summed E-state index contributed by atoms with van der Waals surface area (Å²) in [7, 11) is 0. The highest BCUT2D eigenvalue weighted by Crippen LogP contribution is 2.43. The summed E-state index contributed by atoms with van der Waals surface area (Å²) in [5.74, 6) is 0.290. The molecular formula is C17H21N3OS2. The largest absolute Gasteiger partial charge is 0.347 e. The summed E-state index contributed by atoms with van der Waals surface area (Å²) in [4.78, 5) is 22.1. The number of fused-ring (bicyclic) bond motifs is 1. The molecule has 1 unspecified atom stereocenters. The molecule has 1 saturated heterocycles. The van der Waals surface area contributed by atoms with E-state index in [1.54, 1.807) is 22.7 Å². The zero-order valence-corrected chi connectivity index (χ0v) is 15.1. The van der Waals surface area contributed by atoms with Gasteiger partial charge in [-0.25, -0.2) is 4.98 Å². The maximum Gasteiger partial charge on any atom is 0.245 e. The van der Waals surface area contributed by atoms with Crippen LogP contribution in [0.1, 0.15) is 32.4 Å². The second-order valence-corrected chi connectivity index (χ2v) is 8.29. The Morgan fingerprint density at radius 1 is 1.35 bits per heavy atom. The monoisotopic (exact) mass is 347 g/mol. The average Bonchev–Trinajstić information content (AvgIpc) is 3.26. The Kier molecular flexibility index (Phi) is 3.89. The lowest BCUT2D eigenvalue weighted by atomic mass is 10.1. The molecule has 0 saturated carbocycles. The standard InChI is InChI=1S/C17H21N3OS2/c1-11(2)20-14(16(21)19-6-3-4-7-19)9-13-17(20)23-15(18-13)12-5-8-22-10-12/h5,8,10-11,14H,3-4,6-7,9H2,1-2H3.